The third-order valence-corrected chi connectivity index (χ3v) is 4.58. The largest absolute Gasteiger partial charge is 0.350 e. The average Bonchev–Trinajstić information content (AvgIpc) is 2.69. The van der Waals surface area contributed by atoms with Gasteiger partial charge in [-0.3, -0.25) is 9.59 Å². The highest BCUT2D eigenvalue weighted by molar-refractivity contribution is 5.97. The number of piperidine rings is 1. The Hall–Kier alpha value is -2.37. The summed E-state index contributed by atoms with van der Waals surface area (Å²) in [5.74, 6) is -0.365. The van der Waals surface area contributed by atoms with Gasteiger partial charge in [-0.15, -0.1) is 12.4 Å². The molecule has 6 heteroatoms. The van der Waals surface area contributed by atoms with Crippen LogP contribution in [0, 0.1) is 0 Å². The Labute approximate surface area is 166 Å². The third kappa shape index (κ3) is 6.38. The summed E-state index contributed by atoms with van der Waals surface area (Å²) in [4.78, 5) is 25.4. The van der Waals surface area contributed by atoms with Crippen LogP contribution in [0.1, 0.15) is 28.8 Å². The maximum atomic E-state index is 12.8. The maximum Gasteiger partial charge on any atom is 0.251 e. The van der Waals surface area contributed by atoms with Crippen LogP contribution in [0.15, 0.2) is 60.7 Å². The van der Waals surface area contributed by atoms with Gasteiger partial charge < -0.3 is 16.0 Å². The standard InChI is InChI=1S/C21H25N3O2.ClH/c25-20(17-10-5-2-6-11-17)24-19(14-16-8-3-1-4-9-16)21(26)23-18-12-7-13-22-15-18;/h1-6,8-11,18-19,22H,7,12-15H2,(H,23,26)(H,24,25);1H/t18-,19?;/m0./s1. The summed E-state index contributed by atoms with van der Waals surface area (Å²) >= 11 is 0. The minimum atomic E-state index is -0.605. The molecule has 27 heavy (non-hydrogen) atoms. The van der Waals surface area contributed by atoms with E-state index in [4.69, 9.17) is 0 Å². The number of nitrogens with one attached hydrogen (secondary N) is 3. The Kier molecular flexibility index (Phi) is 8.30. The Morgan fingerprint density at radius 2 is 1.70 bits per heavy atom. The highest BCUT2D eigenvalue weighted by Gasteiger charge is 2.24. The number of halogens is 1. The van der Waals surface area contributed by atoms with Gasteiger partial charge >= 0.3 is 0 Å². The molecule has 2 amide bonds. The van der Waals surface area contributed by atoms with Crippen molar-refractivity contribution in [2.45, 2.75) is 31.3 Å². The van der Waals surface area contributed by atoms with Crippen molar-refractivity contribution in [2.24, 2.45) is 0 Å². The van der Waals surface area contributed by atoms with E-state index in [1.54, 1.807) is 12.1 Å². The van der Waals surface area contributed by atoms with Crippen molar-refractivity contribution in [3.8, 4) is 0 Å². The summed E-state index contributed by atoms with van der Waals surface area (Å²) < 4.78 is 0. The molecule has 2 atom stereocenters. The van der Waals surface area contributed by atoms with Crippen LogP contribution in [0.2, 0.25) is 0 Å². The number of carbonyl (C=O) groups excluding carboxylic acids is 2. The Balaban J connectivity index is 0.00000261. The molecule has 0 spiro atoms. The predicted molar refractivity (Wildman–Crippen MR) is 109 cm³/mol. The summed E-state index contributed by atoms with van der Waals surface area (Å²) in [6.07, 6.45) is 2.47. The van der Waals surface area contributed by atoms with Gasteiger partial charge in [0.25, 0.3) is 5.91 Å². The van der Waals surface area contributed by atoms with E-state index in [1.165, 1.54) is 0 Å². The summed E-state index contributed by atoms with van der Waals surface area (Å²) in [5, 5.41) is 9.27. The first-order valence-corrected chi connectivity index (χ1v) is 9.13. The predicted octanol–water partition coefficient (Wildman–Crippen LogP) is 2.32. The Morgan fingerprint density at radius 3 is 2.33 bits per heavy atom. The second-order valence-electron chi connectivity index (χ2n) is 6.63. The van der Waals surface area contributed by atoms with Crippen LogP contribution in [0.5, 0.6) is 0 Å². The molecule has 5 nitrogen and oxygen atoms in total. The van der Waals surface area contributed by atoms with E-state index in [1.807, 2.05) is 48.5 Å². The monoisotopic (exact) mass is 387 g/mol. The lowest BCUT2D eigenvalue weighted by Gasteiger charge is -2.26. The second kappa shape index (κ2) is 10.7. The summed E-state index contributed by atoms with van der Waals surface area (Å²) in [5.41, 5.74) is 1.57. The van der Waals surface area contributed by atoms with Gasteiger partial charge in [0.15, 0.2) is 0 Å². The van der Waals surface area contributed by atoms with E-state index < -0.39 is 6.04 Å². The molecule has 0 radical (unpaired) electrons. The van der Waals surface area contributed by atoms with Crippen molar-refractivity contribution < 1.29 is 9.59 Å². The molecule has 1 fully saturated rings. The fraction of sp³-hybridized carbons (Fsp3) is 0.333. The summed E-state index contributed by atoms with van der Waals surface area (Å²) in [6.45, 7) is 1.76. The van der Waals surface area contributed by atoms with Crippen molar-refractivity contribution in [1.29, 1.82) is 0 Å². The molecule has 0 bridgehead atoms. The van der Waals surface area contributed by atoms with Crippen LogP contribution in [-0.2, 0) is 11.2 Å². The first-order chi connectivity index (χ1) is 12.7. The van der Waals surface area contributed by atoms with Crippen LogP contribution in [0.25, 0.3) is 0 Å². The molecular weight excluding hydrogens is 362 g/mol. The maximum absolute atomic E-state index is 12.8. The van der Waals surface area contributed by atoms with E-state index >= 15 is 0 Å². The van der Waals surface area contributed by atoms with Crippen LogP contribution in [0.4, 0.5) is 0 Å². The van der Waals surface area contributed by atoms with Gasteiger partial charge in [0, 0.05) is 24.6 Å². The first-order valence-electron chi connectivity index (χ1n) is 9.13. The van der Waals surface area contributed by atoms with E-state index in [0.717, 1.165) is 31.5 Å². The molecule has 0 aromatic heterocycles. The van der Waals surface area contributed by atoms with E-state index in [2.05, 4.69) is 16.0 Å². The molecule has 1 aliphatic rings. The Morgan fingerprint density at radius 1 is 1.04 bits per heavy atom. The molecule has 144 valence electrons. The molecule has 0 aliphatic carbocycles. The average molecular weight is 388 g/mol. The number of carbonyl (C=O) groups is 2. The molecule has 1 saturated heterocycles. The molecule has 2 aromatic rings. The number of rotatable bonds is 6. The smallest absolute Gasteiger partial charge is 0.251 e. The molecule has 2 aromatic carbocycles. The minimum absolute atomic E-state index is 0. The quantitative estimate of drug-likeness (QED) is 0.712. The number of benzene rings is 2. The van der Waals surface area contributed by atoms with Gasteiger partial charge in [-0.2, -0.15) is 0 Å². The van der Waals surface area contributed by atoms with Crippen molar-refractivity contribution in [1.82, 2.24) is 16.0 Å². The molecule has 1 aliphatic heterocycles. The van der Waals surface area contributed by atoms with Crippen LogP contribution < -0.4 is 16.0 Å². The zero-order valence-corrected chi connectivity index (χ0v) is 16.0. The normalized spacial score (nSPS) is 17.3. The van der Waals surface area contributed by atoms with Gasteiger partial charge in [0.05, 0.1) is 0 Å². The van der Waals surface area contributed by atoms with Crippen molar-refractivity contribution in [3.63, 3.8) is 0 Å². The highest BCUT2D eigenvalue weighted by Crippen LogP contribution is 2.07. The fourth-order valence-electron chi connectivity index (χ4n) is 3.17. The van der Waals surface area contributed by atoms with Gasteiger partial charge in [0.2, 0.25) is 5.91 Å². The minimum Gasteiger partial charge on any atom is -0.350 e. The lowest BCUT2D eigenvalue weighted by Crippen LogP contribution is -2.53. The van der Waals surface area contributed by atoms with Gasteiger partial charge in [-0.25, -0.2) is 0 Å². The first kappa shape index (κ1) is 20.9. The van der Waals surface area contributed by atoms with E-state index in [9.17, 15) is 9.59 Å². The van der Waals surface area contributed by atoms with Gasteiger partial charge in [-0.05, 0) is 37.1 Å². The SMILES string of the molecule is Cl.O=C(NC(Cc1ccccc1)C(=O)N[C@H]1CCCNC1)c1ccccc1. The van der Waals surface area contributed by atoms with Crippen molar-refractivity contribution in [3.05, 3.63) is 71.8 Å². The molecule has 0 saturated carbocycles. The molecule has 1 unspecified atom stereocenters. The van der Waals surface area contributed by atoms with Crippen LogP contribution in [0.3, 0.4) is 0 Å². The van der Waals surface area contributed by atoms with Crippen LogP contribution >= 0.6 is 12.4 Å². The van der Waals surface area contributed by atoms with Gasteiger partial charge in [0.1, 0.15) is 6.04 Å². The third-order valence-electron chi connectivity index (χ3n) is 4.58. The van der Waals surface area contributed by atoms with E-state index in [0.29, 0.717) is 12.0 Å². The number of hydrogen-bond acceptors (Lipinski definition) is 3. The van der Waals surface area contributed by atoms with Gasteiger partial charge in [-0.1, -0.05) is 48.5 Å². The van der Waals surface area contributed by atoms with Crippen LogP contribution in [-0.4, -0.2) is 37.0 Å². The van der Waals surface area contributed by atoms with Crippen molar-refractivity contribution in [2.75, 3.05) is 13.1 Å². The Bertz CT molecular complexity index is 719. The zero-order valence-electron chi connectivity index (χ0n) is 15.2. The van der Waals surface area contributed by atoms with Crippen molar-refractivity contribution >= 4 is 24.2 Å². The lowest BCUT2D eigenvalue weighted by molar-refractivity contribution is -0.123. The lowest BCUT2D eigenvalue weighted by atomic mass is 10.0. The number of amides is 2. The second-order valence-corrected chi connectivity index (χ2v) is 6.63. The summed E-state index contributed by atoms with van der Waals surface area (Å²) in [6, 6.07) is 18.3. The number of hydrogen-bond donors (Lipinski definition) is 3. The topological polar surface area (TPSA) is 70.2 Å². The zero-order chi connectivity index (χ0) is 18.2. The molecular formula is C21H26ClN3O2. The molecule has 1 heterocycles. The molecule has 3 N–H and O–H groups in total. The molecule has 3 rings (SSSR count). The highest BCUT2D eigenvalue weighted by atomic mass is 35.5. The fourth-order valence-corrected chi connectivity index (χ4v) is 3.17. The van der Waals surface area contributed by atoms with E-state index in [-0.39, 0.29) is 30.3 Å². The summed E-state index contributed by atoms with van der Waals surface area (Å²) in [7, 11) is 0.